The Morgan fingerprint density at radius 3 is 2.48 bits per heavy atom. The minimum Gasteiger partial charge on any atom is -0.545 e. The van der Waals surface area contributed by atoms with Crippen LogP contribution in [0.3, 0.4) is 0 Å². The summed E-state index contributed by atoms with van der Waals surface area (Å²) in [6.45, 7) is 4.37. The molecule has 0 saturated heterocycles. The number of aromatic nitrogens is 1. The van der Waals surface area contributed by atoms with Crippen molar-refractivity contribution in [3.63, 3.8) is 0 Å². The highest BCUT2D eigenvalue weighted by atomic mass is 35.6. The van der Waals surface area contributed by atoms with Gasteiger partial charge in [-0.05, 0) is 24.3 Å². The molecule has 1 aromatic carbocycles. The lowest BCUT2D eigenvalue weighted by molar-refractivity contribution is -0.304. The van der Waals surface area contributed by atoms with E-state index in [1.54, 1.807) is 6.07 Å². The highest BCUT2D eigenvalue weighted by Crippen LogP contribution is 2.45. The number of aryl methyl sites for hydroxylation is 2. The van der Waals surface area contributed by atoms with E-state index in [9.17, 15) is 15.0 Å². The van der Waals surface area contributed by atoms with Crippen molar-refractivity contribution >= 4 is 51.7 Å². The third kappa shape index (κ3) is 3.52. The first-order chi connectivity index (χ1) is 10.4. The smallest absolute Gasteiger partial charge is 0.299 e. The van der Waals surface area contributed by atoms with E-state index in [1.807, 2.05) is 13.2 Å². The van der Waals surface area contributed by atoms with Gasteiger partial charge in [-0.25, -0.2) is 0 Å². The summed E-state index contributed by atoms with van der Waals surface area (Å²) in [4.78, 5) is 9.51. The van der Waals surface area contributed by atoms with Crippen LogP contribution in [0.4, 0.5) is 0 Å². The number of aromatic hydroxyl groups is 1. The van der Waals surface area contributed by atoms with Gasteiger partial charge in [-0.15, -0.1) is 0 Å². The molecule has 2 aromatic rings. The molecule has 0 fully saturated rings. The number of phenolic OH excluding ortho intramolecular Hbond substituents is 1. The fourth-order valence-corrected chi connectivity index (χ4v) is 2.78. The molecule has 5 nitrogen and oxygen atoms in total. The zero-order valence-electron chi connectivity index (χ0n) is 12.8. The Morgan fingerprint density at radius 2 is 1.96 bits per heavy atom. The van der Waals surface area contributed by atoms with Gasteiger partial charge >= 0.3 is 0 Å². The number of phenols is 1. The maximum atomic E-state index is 10.1. The first-order valence-corrected chi connectivity index (χ1v) is 7.97. The molecule has 126 valence electrons. The third-order valence-electron chi connectivity index (χ3n) is 3.89. The molecular weight excluding hydrogens is 365 g/mol. The Morgan fingerprint density at radius 1 is 1.39 bits per heavy atom. The Labute approximate surface area is 148 Å². The van der Waals surface area contributed by atoms with E-state index in [4.69, 9.17) is 34.8 Å². The first kappa shape index (κ1) is 18.2. The molecule has 23 heavy (non-hydrogen) atoms. The van der Waals surface area contributed by atoms with E-state index in [-0.39, 0.29) is 5.41 Å². The quantitative estimate of drug-likeness (QED) is 0.563. The summed E-state index contributed by atoms with van der Waals surface area (Å²) >= 11 is 14.2. The Bertz CT molecular complexity index is 762. The number of carboxylic acids is 1. The highest BCUT2D eigenvalue weighted by Gasteiger charge is 2.36. The van der Waals surface area contributed by atoms with Crippen molar-refractivity contribution in [1.29, 1.82) is 0 Å². The van der Waals surface area contributed by atoms with Crippen LogP contribution in [-0.2, 0) is 23.7 Å². The predicted octanol–water partition coefficient (Wildman–Crippen LogP) is 3.09. The molecule has 1 aliphatic carbocycles. The van der Waals surface area contributed by atoms with E-state index >= 15 is 0 Å². The molecule has 0 unspecified atom stereocenters. The van der Waals surface area contributed by atoms with Crippen LogP contribution in [0.5, 0.6) is 5.75 Å². The minimum absolute atomic E-state index is 0.0280. The average Bonchev–Trinajstić information content (AvgIpc) is 2.72. The van der Waals surface area contributed by atoms with E-state index in [0.29, 0.717) is 5.75 Å². The highest BCUT2D eigenvalue weighted by molar-refractivity contribution is 6.75. The zero-order valence-corrected chi connectivity index (χ0v) is 15.1. The number of rotatable bonds is 0. The molecule has 0 radical (unpaired) electrons. The van der Waals surface area contributed by atoms with Gasteiger partial charge in [0.1, 0.15) is 16.8 Å². The van der Waals surface area contributed by atoms with Crippen LogP contribution in [0, 0.1) is 0 Å². The average molecular weight is 381 g/mol. The van der Waals surface area contributed by atoms with Crippen molar-refractivity contribution in [2.45, 2.75) is 35.9 Å². The second-order valence-corrected chi connectivity index (χ2v) is 8.30. The summed E-state index contributed by atoms with van der Waals surface area (Å²) in [6.07, 6.45) is 2.01. The molecule has 0 aliphatic heterocycles. The van der Waals surface area contributed by atoms with Gasteiger partial charge in [0.05, 0.1) is 11.1 Å². The normalized spacial score (nSPS) is 15.9. The molecule has 0 atom stereocenters. The number of hydrogen-bond donors (Lipinski definition) is 1. The Kier molecular flexibility index (Phi) is 4.77. The maximum absolute atomic E-state index is 10.1. The number of carboxylic acid groups (broad SMARTS) is 1. The van der Waals surface area contributed by atoms with Crippen molar-refractivity contribution in [3.8, 4) is 5.75 Å². The lowest BCUT2D eigenvalue weighted by atomic mass is 9.74. The summed E-state index contributed by atoms with van der Waals surface area (Å²) in [5.74, 6) is -1.32. The topological polar surface area (TPSA) is 76.0 Å². The lowest BCUT2D eigenvalue weighted by Crippen LogP contribution is -2.35. The standard InChI is InChI=1S/C13H15NO2.C2HCl3O2/c1-13(2)7-6-8-11-10(16(3)14-8)5-4-9(15)12(11)13;3-2(4,5)1(6)7/h4-5H,6-7H2,1-3H3;(H,6,7). The molecule has 8 heteroatoms. The molecule has 0 spiro atoms. The molecule has 0 bridgehead atoms. The number of nitrogens with zero attached hydrogens (tertiary/aromatic N) is 1. The summed E-state index contributed by atoms with van der Waals surface area (Å²) in [5, 5.41) is 25.2. The van der Waals surface area contributed by atoms with Crippen LogP contribution in [0.1, 0.15) is 31.5 Å². The fraction of sp³-hybridized carbons (Fsp3) is 0.467. The van der Waals surface area contributed by atoms with Crippen LogP contribution >= 0.6 is 34.8 Å². The Hall–Kier alpha value is -1.17. The van der Waals surface area contributed by atoms with Crippen LogP contribution in [0.15, 0.2) is 16.3 Å². The third-order valence-corrected chi connectivity index (χ3v) is 4.36. The summed E-state index contributed by atoms with van der Waals surface area (Å²) in [5.41, 5.74) is 3.20. The van der Waals surface area contributed by atoms with E-state index in [2.05, 4.69) is 23.2 Å². The van der Waals surface area contributed by atoms with Gasteiger partial charge in [-0.2, -0.15) is 0 Å². The number of hydrogen-bond acceptors (Lipinski definition) is 4. The summed E-state index contributed by atoms with van der Waals surface area (Å²) in [7, 11) is 1.88. The number of carbonyl (C=O) groups excluding carboxylic acids is 1. The second kappa shape index (κ2) is 6.04. The summed E-state index contributed by atoms with van der Waals surface area (Å²) in [6, 6.07) is 3.68. The van der Waals surface area contributed by atoms with E-state index in [1.165, 1.54) is 0 Å². The monoisotopic (exact) mass is 379 g/mol. The molecule has 1 heterocycles. The molecular formula is C15H16Cl3NO4. The van der Waals surface area contributed by atoms with Crippen LogP contribution in [0.25, 0.3) is 11.0 Å². The number of halogens is 3. The summed E-state index contributed by atoms with van der Waals surface area (Å²) < 4.78 is 0.459. The lowest BCUT2D eigenvalue weighted by Gasteiger charge is -2.28. The van der Waals surface area contributed by atoms with E-state index in [0.717, 1.165) is 35.1 Å². The molecule has 1 aromatic heterocycles. The number of aliphatic carboxylic acids is 1. The number of carbonyl (C=O) groups is 1. The SMILES string of the molecule is C[o+]1nc2c3c(c(O)ccc31)C(C)(C)CC2.O=C([O-])C(Cl)(Cl)Cl. The van der Waals surface area contributed by atoms with E-state index < -0.39 is 9.76 Å². The van der Waals surface area contributed by atoms with Crippen molar-refractivity contribution in [3.05, 3.63) is 23.4 Å². The Balaban J connectivity index is 0.000000236. The van der Waals surface area contributed by atoms with Gasteiger partial charge in [0.2, 0.25) is 3.79 Å². The van der Waals surface area contributed by atoms with Gasteiger partial charge in [0.15, 0.2) is 7.11 Å². The molecule has 0 saturated carbocycles. The molecule has 1 N–H and O–H groups in total. The van der Waals surface area contributed by atoms with Crippen LogP contribution in [-0.4, -0.2) is 20.0 Å². The zero-order chi connectivity index (χ0) is 17.6. The molecule has 3 rings (SSSR count). The van der Waals surface area contributed by atoms with Crippen molar-refractivity contribution in [2.75, 3.05) is 0 Å². The molecule has 1 aliphatic rings. The number of benzene rings is 1. The van der Waals surface area contributed by atoms with Gasteiger partial charge < -0.3 is 19.2 Å². The maximum Gasteiger partial charge on any atom is 0.299 e. The van der Waals surface area contributed by atoms with Crippen LogP contribution < -0.4 is 5.11 Å². The fourth-order valence-electron chi connectivity index (χ4n) is 2.78. The van der Waals surface area contributed by atoms with Crippen LogP contribution in [0.2, 0.25) is 0 Å². The van der Waals surface area contributed by atoms with Gasteiger partial charge in [-0.1, -0.05) is 48.7 Å². The molecule has 0 amide bonds. The van der Waals surface area contributed by atoms with Crippen molar-refractivity contribution in [1.82, 2.24) is 5.16 Å². The van der Waals surface area contributed by atoms with Crippen molar-refractivity contribution in [2.24, 2.45) is 7.11 Å². The van der Waals surface area contributed by atoms with Crippen molar-refractivity contribution < 1.29 is 19.2 Å². The second-order valence-electron chi connectivity index (χ2n) is 6.02. The van der Waals surface area contributed by atoms with Gasteiger partial charge in [0, 0.05) is 11.6 Å². The van der Waals surface area contributed by atoms with Gasteiger partial charge in [0.25, 0.3) is 5.58 Å². The number of alkyl halides is 3. The minimum atomic E-state index is -2.28. The first-order valence-electron chi connectivity index (χ1n) is 6.84. The van der Waals surface area contributed by atoms with Gasteiger partial charge in [-0.3, -0.25) is 0 Å². The predicted molar refractivity (Wildman–Crippen MR) is 87.9 cm³/mol. The largest absolute Gasteiger partial charge is 0.545 e.